The number of fused-ring (bicyclic) bond motifs is 6. The van der Waals surface area contributed by atoms with Crippen molar-refractivity contribution in [3.63, 3.8) is 0 Å². The van der Waals surface area contributed by atoms with Crippen LogP contribution in [0, 0.1) is 11.3 Å². The van der Waals surface area contributed by atoms with Gasteiger partial charge in [0.15, 0.2) is 0 Å². The number of rotatable bonds is 4. The molecule has 46 heavy (non-hydrogen) atoms. The van der Waals surface area contributed by atoms with Crippen molar-refractivity contribution in [2.24, 2.45) is 0 Å². The number of hydrogen-bond acceptors (Lipinski definition) is 2. The van der Waals surface area contributed by atoms with Crippen LogP contribution in [0.4, 0.5) is 0 Å². The van der Waals surface area contributed by atoms with E-state index in [1.54, 1.807) is 0 Å². The normalized spacial score (nSPS) is 11.5. The molecule has 0 N–H and O–H groups in total. The first-order valence-electron chi connectivity index (χ1n) is 15.4. The van der Waals surface area contributed by atoms with Crippen LogP contribution in [-0.2, 0) is 0 Å². The maximum atomic E-state index is 9.96. The molecule has 0 aliphatic heterocycles. The molecular formula is C42H26N4. The van der Waals surface area contributed by atoms with Gasteiger partial charge in [0, 0.05) is 38.9 Å². The zero-order valence-corrected chi connectivity index (χ0v) is 24.8. The Labute approximate surface area is 265 Å². The number of para-hydroxylation sites is 4. The molecule has 214 valence electrons. The third kappa shape index (κ3) is 3.89. The third-order valence-corrected chi connectivity index (χ3v) is 9.05. The fraction of sp³-hybridized carbons (Fsp3) is 0. The molecule has 0 aliphatic rings. The van der Waals surface area contributed by atoms with E-state index in [-0.39, 0.29) is 0 Å². The molecule has 0 unspecified atom stereocenters. The number of benzene rings is 6. The molecule has 0 fully saturated rings. The van der Waals surface area contributed by atoms with Gasteiger partial charge in [-0.3, -0.25) is 4.98 Å². The minimum absolute atomic E-state index is 0.625. The van der Waals surface area contributed by atoms with Gasteiger partial charge in [0.05, 0.1) is 51.3 Å². The predicted octanol–water partition coefficient (Wildman–Crippen LogP) is 10.5. The van der Waals surface area contributed by atoms with E-state index in [4.69, 9.17) is 0 Å². The minimum atomic E-state index is 0.625. The van der Waals surface area contributed by atoms with Gasteiger partial charge < -0.3 is 9.13 Å². The highest BCUT2D eigenvalue weighted by Crippen LogP contribution is 2.39. The van der Waals surface area contributed by atoms with E-state index in [9.17, 15) is 5.26 Å². The van der Waals surface area contributed by atoms with Crippen molar-refractivity contribution >= 4 is 43.6 Å². The topological polar surface area (TPSA) is 46.5 Å². The van der Waals surface area contributed by atoms with E-state index >= 15 is 0 Å². The van der Waals surface area contributed by atoms with Crippen LogP contribution in [0.15, 0.2) is 158 Å². The molecular weight excluding hydrogens is 560 g/mol. The van der Waals surface area contributed by atoms with Gasteiger partial charge in [-0.25, -0.2) is 0 Å². The van der Waals surface area contributed by atoms with E-state index in [1.165, 1.54) is 21.5 Å². The summed E-state index contributed by atoms with van der Waals surface area (Å²) in [5.41, 5.74) is 11.4. The third-order valence-electron chi connectivity index (χ3n) is 9.05. The lowest BCUT2D eigenvalue weighted by Gasteiger charge is -2.17. The quantitative estimate of drug-likeness (QED) is 0.206. The van der Waals surface area contributed by atoms with Crippen molar-refractivity contribution in [2.45, 2.75) is 0 Å². The van der Waals surface area contributed by atoms with Crippen LogP contribution in [0.3, 0.4) is 0 Å². The van der Waals surface area contributed by atoms with Crippen molar-refractivity contribution in [1.82, 2.24) is 14.1 Å². The van der Waals surface area contributed by atoms with Gasteiger partial charge in [-0.2, -0.15) is 5.26 Å². The van der Waals surface area contributed by atoms with E-state index in [2.05, 4.69) is 154 Å². The second kappa shape index (κ2) is 10.3. The summed E-state index contributed by atoms with van der Waals surface area (Å²) in [6.07, 6.45) is 3.82. The van der Waals surface area contributed by atoms with Gasteiger partial charge in [-0.15, -0.1) is 0 Å². The van der Waals surface area contributed by atoms with Crippen molar-refractivity contribution < 1.29 is 0 Å². The lowest BCUT2D eigenvalue weighted by atomic mass is 9.96. The van der Waals surface area contributed by atoms with Gasteiger partial charge in [0.25, 0.3) is 0 Å². The van der Waals surface area contributed by atoms with Crippen LogP contribution in [0.5, 0.6) is 0 Å². The molecule has 0 radical (unpaired) electrons. The average molecular weight is 587 g/mol. The molecule has 4 nitrogen and oxygen atoms in total. The average Bonchev–Trinajstić information content (AvgIpc) is 3.64. The van der Waals surface area contributed by atoms with Crippen LogP contribution in [0.2, 0.25) is 0 Å². The minimum Gasteiger partial charge on any atom is -0.309 e. The predicted molar refractivity (Wildman–Crippen MR) is 189 cm³/mol. The second-order valence-corrected chi connectivity index (χ2v) is 11.6. The van der Waals surface area contributed by atoms with Crippen LogP contribution >= 0.6 is 0 Å². The largest absolute Gasteiger partial charge is 0.309 e. The lowest BCUT2D eigenvalue weighted by Crippen LogP contribution is -1.99. The molecule has 3 aromatic heterocycles. The van der Waals surface area contributed by atoms with Gasteiger partial charge in [0.2, 0.25) is 0 Å². The number of nitrogens with zero attached hydrogens (tertiary/aromatic N) is 4. The van der Waals surface area contributed by atoms with E-state index < -0.39 is 0 Å². The second-order valence-electron chi connectivity index (χ2n) is 11.6. The number of aromatic nitrogens is 3. The molecule has 0 spiro atoms. The molecule has 3 heterocycles. The first kappa shape index (κ1) is 26.0. The first-order chi connectivity index (χ1) is 22.8. The van der Waals surface area contributed by atoms with Crippen LogP contribution < -0.4 is 0 Å². The van der Waals surface area contributed by atoms with E-state index in [0.717, 1.165) is 55.7 Å². The number of pyridine rings is 1. The van der Waals surface area contributed by atoms with Gasteiger partial charge >= 0.3 is 0 Å². The Morgan fingerprint density at radius 3 is 1.50 bits per heavy atom. The number of hydrogen-bond donors (Lipinski definition) is 0. The summed E-state index contributed by atoms with van der Waals surface area (Å²) in [6.45, 7) is 0. The first-order valence-corrected chi connectivity index (χ1v) is 15.4. The molecule has 0 saturated carbocycles. The Morgan fingerprint density at radius 1 is 0.457 bits per heavy atom. The van der Waals surface area contributed by atoms with E-state index in [0.29, 0.717) is 5.56 Å². The molecule has 9 aromatic rings. The van der Waals surface area contributed by atoms with Crippen LogP contribution in [0.1, 0.15) is 5.56 Å². The SMILES string of the molecule is N#Cc1ccc(-n2c3ccccc3c3ccccc32)c(-c2cccc(-c3ccncc3-n3c4ccccc4c4ccccc43)c2)c1. The fourth-order valence-electron chi connectivity index (χ4n) is 7.06. The zero-order chi connectivity index (χ0) is 30.6. The summed E-state index contributed by atoms with van der Waals surface area (Å²) in [5.74, 6) is 0. The van der Waals surface area contributed by atoms with Crippen molar-refractivity contribution in [3.05, 3.63) is 164 Å². The smallest absolute Gasteiger partial charge is 0.0991 e. The summed E-state index contributed by atoms with van der Waals surface area (Å²) in [6, 6.07) is 53.2. The number of nitriles is 1. The Bertz CT molecular complexity index is 2560. The molecule has 9 rings (SSSR count). The van der Waals surface area contributed by atoms with E-state index in [1.807, 2.05) is 24.5 Å². The molecule has 0 saturated heterocycles. The summed E-state index contributed by atoms with van der Waals surface area (Å²) in [5, 5.41) is 14.8. The molecule has 0 aliphatic carbocycles. The van der Waals surface area contributed by atoms with Gasteiger partial charge in [-0.05, 0) is 65.7 Å². The Balaban J connectivity index is 1.28. The Kier molecular flexibility index (Phi) is 5.84. The summed E-state index contributed by atoms with van der Waals surface area (Å²) in [4.78, 5) is 4.59. The molecule has 0 atom stereocenters. The van der Waals surface area contributed by atoms with Crippen molar-refractivity contribution in [2.75, 3.05) is 0 Å². The van der Waals surface area contributed by atoms with Crippen LogP contribution in [0.25, 0.3) is 77.2 Å². The zero-order valence-electron chi connectivity index (χ0n) is 24.8. The van der Waals surface area contributed by atoms with Crippen molar-refractivity contribution in [3.8, 4) is 39.7 Å². The highest BCUT2D eigenvalue weighted by atomic mass is 15.0. The van der Waals surface area contributed by atoms with Crippen LogP contribution in [-0.4, -0.2) is 14.1 Å². The highest BCUT2D eigenvalue weighted by Gasteiger charge is 2.18. The maximum Gasteiger partial charge on any atom is 0.0991 e. The van der Waals surface area contributed by atoms with Gasteiger partial charge in [-0.1, -0.05) is 91.0 Å². The Hall–Kier alpha value is -6.44. The molecule has 4 heteroatoms. The molecule has 0 bridgehead atoms. The summed E-state index contributed by atoms with van der Waals surface area (Å²) < 4.78 is 4.64. The molecule has 0 amide bonds. The fourth-order valence-corrected chi connectivity index (χ4v) is 7.06. The molecule has 6 aromatic carbocycles. The highest BCUT2D eigenvalue weighted by molar-refractivity contribution is 6.11. The lowest BCUT2D eigenvalue weighted by molar-refractivity contribution is 1.14. The van der Waals surface area contributed by atoms with Crippen molar-refractivity contribution in [1.29, 1.82) is 5.26 Å². The maximum absolute atomic E-state index is 9.96. The van der Waals surface area contributed by atoms with Gasteiger partial charge in [0.1, 0.15) is 0 Å². The summed E-state index contributed by atoms with van der Waals surface area (Å²) in [7, 11) is 0. The summed E-state index contributed by atoms with van der Waals surface area (Å²) >= 11 is 0. The monoisotopic (exact) mass is 586 g/mol. The standard InChI is InChI=1S/C42H26N4/c43-26-28-20-21-41(45-37-16-5-1-12-32(37)33-13-2-6-17-38(33)45)36(24-28)30-11-9-10-29(25-30)31-22-23-44-27-42(31)46-39-18-7-3-14-34(39)35-15-4-8-19-40(35)46/h1-25,27H. The Morgan fingerprint density at radius 2 is 0.957 bits per heavy atom.